The molecule has 1 N–H and O–H groups in total. The van der Waals surface area contributed by atoms with Crippen LogP contribution in [0.4, 0.5) is 0 Å². The van der Waals surface area contributed by atoms with E-state index in [0.717, 1.165) is 41.4 Å². The molecule has 0 amide bonds. The lowest BCUT2D eigenvalue weighted by molar-refractivity contribution is 0.317. The van der Waals surface area contributed by atoms with Gasteiger partial charge < -0.3 is 9.72 Å². The molecule has 1 heterocycles. The summed E-state index contributed by atoms with van der Waals surface area (Å²) in [4.78, 5) is 7.86. The van der Waals surface area contributed by atoms with E-state index in [0.29, 0.717) is 10.6 Å². The van der Waals surface area contributed by atoms with Crippen LogP contribution in [0.5, 0.6) is 5.75 Å². The minimum absolute atomic E-state index is 0.318. The van der Waals surface area contributed by atoms with Crippen molar-refractivity contribution in [2.24, 2.45) is 0 Å². The van der Waals surface area contributed by atoms with Crippen molar-refractivity contribution < 1.29 is 4.74 Å². The van der Waals surface area contributed by atoms with Gasteiger partial charge in [-0.25, -0.2) is 4.98 Å². The minimum Gasteiger partial charge on any atom is -0.494 e. The van der Waals surface area contributed by atoms with Gasteiger partial charge in [-0.2, -0.15) is 0 Å². The summed E-state index contributed by atoms with van der Waals surface area (Å²) in [6, 6.07) is 8.11. The highest BCUT2D eigenvalue weighted by atomic mass is 32.1. The van der Waals surface area contributed by atoms with Crippen molar-refractivity contribution in [1.82, 2.24) is 9.97 Å². The average molecular weight is 302 g/mol. The van der Waals surface area contributed by atoms with Crippen LogP contribution in [0.25, 0.3) is 11.3 Å². The van der Waals surface area contributed by atoms with Crippen molar-refractivity contribution >= 4 is 12.2 Å². The van der Waals surface area contributed by atoms with Crippen LogP contribution in [0.2, 0.25) is 0 Å². The molecule has 0 saturated heterocycles. The monoisotopic (exact) mass is 302 g/mol. The van der Waals surface area contributed by atoms with E-state index in [9.17, 15) is 0 Å². The predicted molar refractivity (Wildman–Crippen MR) is 89.5 cm³/mol. The van der Waals surface area contributed by atoms with E-state index in [1.165, 1.54) is 0 Å². The largest absolute Gasteiger partial charge is 0.494 e. The standard InChI is InChI=1S/C17H22N2OS/c1-5-10-20-14-8-6-13(7-9-14)15-12(4)17(21)19-16(18-15)11(2)3/h6-9,11H,5,10H2,1-4H3,(H,18,19,21). The number of hydrogen-bond donors (Lipinski definition) is 1. The molecule has 21 heavy (non-hydrogen) atoms. The Labute approximate surface area is 131 Å². The second-order valence-corrected chi connectivity index (χ2v) is 5.84. The smallest absolute Gasteiger partial charge is 0.133 e. The van der Waals surface area contributed by atoms with Gasteiger partial charge in [0.15, 0.2) is 0 Å². The van der Waals surface area contributed by atoms with E-state index in [4.69, 9.17) is 17.0 Å². The van der Waals surface area contributed by atoms with Crippen LogP contribution < -0.4 is 4.74 Å². The number of ether oxygens (including phenoxy) is 1. The molecule has 0 aliphatic rings. The zero-order valence-electron chi connectivity index (χ0n) is 13.1. The number of aromatic nitrogens is 2. The summed E-state index contributed by atoms with van der Waals surface area (Å²) in [5.41, 5.74) is 3.16. The maximum absolute atomic E-state index is 5.62. The van der Waals surface area contributed by atoms with E-state index in [2.05, 4.69) is 42.9 Å². The molecule has 0 atom stereocenters. The SMILES string of the molecule is CCCOc1ccc(-c2[nH]c(C(C)C)nc(=S)c2C)cc1. The van der Waals surface area contributed by atoms with Crippen molar-refractivity contribution in [1.29, 1.82) is 0 Å². The Morgan fingerprint density at radius 3 is 2.48 bits per heavy atom. The first-order valence-corrected chi connectivity index (χ1v) is 7.77. The summed E-state index contributed by atoms with van der Waals surface area (Å²) in [5.74, 6) is 2.14. The Bertz CT molecular complexity index is 659. The molecule has 2 aromatic rings. The van der Waals surface area contributed by atoms with Gasteiger partial charge in [-0.1, -0.05) is 33.0 Å². The van der Waals surface area contributed by atoms with Crippen LogP contribution in [-0.4, -0.2) is 16.6 Å². The van der Waals surface area contributed by atoms with Crippen molar-refractivity contribution in [3.05, 3.63) is 40.3 Å². The van der Waals surface area contributed by atoms with Crippen LogP contribution in [0, 0.1) is 11.6 Å². The van der Waals surface area contributed by atoms with Gasteiger partial charge in [0, 0.05) is 11.5 Å². The number of benzene rings is 1. The molecule has 0 aliphatic carbocycles. The highest BCUT2D eigenvalue weighted by Gasteiger charge is 2.09. The molecule has 0 fully saturated rings. The second kappa shape index (κ2) is 6.85. The molecule has 0 radical (unpaired) electrons. The lowest BCUT2D eigenvalue weighted by Gasteiger charge is -2.12. The molecule has 1 aromatic carbocycles. The molecule has 0 aliphatic heterocycles. The van der Waals surface area contributed by atoms with Crippen molar-refractivity contribution in [3.63, 3.8) is 0 Å². The number of H-pyrrole nitrogens is 1. The molecule has 0 unspecified atom stereocenters. The molecular weight excluding hydrogens is 280 g/mol. The Morgan fingerprint density at radius 2 is 1.90 bits per heavy atom. The first kappa shape index (κ1) is 15.7. The van der Waals surface area contributed by atoms with Crippen LogP contribution >= 0.6 is 12.2 Å². The van der Waals surface area contributed by atoms with Crippen LogP contribution in [0.15, 0.2) is 24.3 Å². The molecule has 1 aromatic heterocycles. The van der Waals surface area contributed by atoms with E-state index in [1.807, 2.05) is 19.1 Å². The molecular formula is C17H22N2OS. The summed E-state index contributed by atoms with van der Waals surface area (Å²) < 4.78 is 6.28. The number of nitrogens with zero attached hydrogens (tertiary/aromatic N) is 1. The van der Waals surface area contributed by atoms with Gasteiger partial charge in [0.05, 0.1) is 12.3 Å². The molecule has 3 nitrogen and oxygen atoms in total. The Morgan fingerprint density at radius 1 is 1.24 bits per heavy atom. The van der Waals surface area contributed by atoms with Gasteiger partial charge in [-0.15, -0.1) is 0 Å². The number of aromatic amines is 1. The highest BCUT2D eigenvalue weighted by Crippen LogP contribution is 2.25. The van der Waals surface area contributed by atoms with E-state index >= 15 is 0 Å². The Hall–Kier alpha value is -1.68. The Balaban J connectivity index is 2.39. The molecule has 0 saturated carbocycles. The summed E-state index contributed by atoms with van der Waals surface area (Å²) >= 11 is 5.37. The lowest BCUT2D eigenvalue weighted by atomic mass is 10.1. The van der Waals surface area contributed by atoms with E-state index in [-0.39, 0.29) is 0 Å². The normalized spacial score (nSPS) is 10.9. The van der Waals surface area contributed by atoms with E-state index < -0.39 is 0 Å². The summed E-state index contributed by atoms with van der Waals surface area (Å²) in [5, 5.41) is 0. The molecule has 112 valence electrons. The molecule has 2 rings (SSSR count). The van der Waals surface area contributed by atoms with Crippen molar-refractivity contribution in [2.75, 3.05) is 6.61 Å². The summed E-state index contributed by atoms with van der Waals surface area (Å²) in [6.07, 6.45) is 1.01. The molecule has 0 spiro atoms. The first-order valence-electron chi connectivity index (χ1n) is 7.37. The maximum Gasteiger partial charge on any atom is 0.133 e. The van der Waals surface area contributed by atoms with E-state index in [1.54, 1.807) is 0 Å². The third-order valence-corrected chi connectivity index (χ3v) is 3.73. The first-order chi connectivity index (χ1) is 10.0. The van der Waals surface area contributed by atoms with Crippen LogP contribution in [0.1, 0.15) is 44.5 Å². The van der Waals surface area contributed by atoms with Gasteiger partial charge in [0.1, 0.15) is 16.2 Å². The summed E-state index contributed by atoms with van der Waals surface area (Å²) in [7, 11) is 0. The number of hydrogen-bond acceptors (Lipinski definition) is 3. The van der Waals surface area contributed by atoms with Gasteiger partial charge in [-0.3, -0.25) is 0 Å². The fourth-order valence-corrected chi connectivity index (χ4v) is 2.25. The van der Waals surface area contributed by atoms with Gasteiger partial charge >= 0.3 is 0 Å². The van der Waals surface area contributed by atoms with Crippen LogP contribution in [0.3, 0.4) is 0 Å². The topological polar surface area (TPSA) is 37.9 Å². The van der Waals surface area contributed by atoms with Gasteiger partial charge in [0.25, 0.3) is 0 Å². The minimum atomic E-state index is 0.318. The van der Waals surface area contributed by atoms with Gasteiger partial charge in [-0.05, 0) is 43.2 Å². The second-order valence-electron chi connectivity index (χ2n) is 5.45. The predicted octanol–water partition coefficient (Wildman–Crippen LogP) is 5.03. The average Bonchev–Trinajstić information content (AvgIpc) is 2.48. The zero-order valence-corrected chi connectivity index (χ0v) is 13.9. The number of nitrogens with one attached hydrogen (secondary N) is 1. The maximum atomic E-state index is 5.62. The third-order valence-electron chi connectivity index (χ3n) is 3.33. The third kappa shape index (κ3) is 3.70. The Kier molecular flexibility index (Phi) is 5.12. The van der Waals surface area contributed by atoms with Crippen LogP contribution in [-0.2, 0) is 0 Å². The van der Waals surface area contributed by atoms with Gasteiger partial charge in [0.2, 0.25) is 0 Å². The molecule has 4 heteroatoms. The van der Waals surface area contributed by atoms with Crippen molar-refractivity contribution in [3.8, 4) is 17.0 Å². The zero-order chi connectivity index (χ0) is 15.4. The lowest BCUT2D eigenvalue weighted by Crippen LogP contribution is -2.02. The summed E-state index contributed by atoms with van der Waals surface area (Å²) in [6.45, 7) is 9.06. The highest BCUT2D eigenvalue weighted by molar-refractivity contribution is 7.71. The number of rotatable bonds is 5. The fourth-order valence-electron chi connectivity index (χ4n) is 2.05. The molecule has 0 bridgehead atoms. The van der Waals surface area contributed by atoms with Crippen molar-refractivity contribution in [2.45, 2.75) is 40.0 Å². The quantitative estimate of drug-likeness (QED) is 0.787. The fraction of sp³-hybridized carbons (Fsp3) is 0.412.